The summed E-state index contributed by atoms with van der Waals surface area (Å²) in [5.41, 5.74) is 0. The van der Waals surface area contributed by atoms with E-state index in [0.717, 1.165) is 4.48 Å². The molecule has 0 aromatic rings. The lowest BCUT2D eigenvalue weighted by molar-refractivity contribution is -0.934. The van der Waals surface area contributed by atoms with Crippen molar-refractivity contribution >= 4 is 0 Å². The van der Waals surface area contributed by atoms with Crippen LogP contribution in [0, 0.1) is 0 Å². The molecule has 0 bridgehead atoms. The van der Waals surface area contributed by atoms with Crippen LogP contribution < -0.4 is 0 Å². The molecule has 1 N–H and O–H groups in total. The zero-order valence-electron chi connectivity index (χ0n) is 7.55. The van der Waals surface area contributed by atoms with E-state index in [1.54, 1.807) is 0 Å². The van der Waals surface area contributed by atoms with Gasteiger partial charge in [0.25, 0.3) is 0 Å². The molecule has 0 aliphatic carbocycles. The maximum absolute atomic E-state index is 9.22. The van der Waals surface area contributed by atoms with E-state index in [1.807, 2.05) is 0 Å². The third-order valence-corrected chi connectivity index (χ3v) is 2.80. The zero-order chi connectivity index (χ0) is 8.16. The normalized spacial score (nSPS) is 22.4. The van der Waals surface area contributed by atoms with Gasteiger partial charge in [0, 0.05) is 12.8 Å². The number of hydrogen-bond acceptors (Lipinski definition) is 1. The summed E-state index contributed by atoms with van der Waals surface area (Å²) in [6.07, 6.45) is 5.13. The van der Waals surface area contributed by atoms with E-state index in [2.05, 4.69) is 6.92 Å². The molecule has 0 amide bonds. The predicted molar refractivity (Wildman–Crippen MR) is 46.1 cm³/mol. The first-order valence-corrected chi connectivity index (χ1v) is 4.79. The molecule has 0 unspecified atom stereocenters. The molecule has 11 heavy (non-hydrogen) atoms. The fourth-order valence-electron chi connectivity index (χ4n) is 1.94. The molecule has 66 valence electrons. The maximum atomic E-state index is 9.22. The Morgan fingerprint density at radius 3 is 2.36 bits per heavy atom. The lowest BCUT2D eigenvalue weighted by Gasteiger charge is -2.31. The SMILES string of the molecule is CCCC[N+]1(CO)CCCC1. The van der Waals surface area contributed by atoms with E-state index in [4.69, 9.17) is 0 Å². The summed E-state index contributed by atoms with van der Waals surface area (Å²) in [7, 11) is 0. The maximum Gasteiger partial charge on any atom is 0.180 e. The van der Waals surface area contributed by atoms with Crippen LogP contribution in [-0.4, -0.2) is 36.0 Å². The monoisotopic (exact) mass is 158 g/mol. The molecule has 1 saturated heterocycles. The van der Waals surface area contributed by atoms with Crippen LogP contribution in [0.2, 0.25) is 0 Å². The first-order chi connectivity index (χ1) is 5.33. The molecular weight excluding hydrogens is 138 g/mol. The van der Waals surface area contributed by atoms with E-state index in [-0.39, 0.29) is 0 Å². The lowest BCUT2D eigenvalue weighted by atomic mass is 10.3. The van der Waals surface area contributed by atoms with Gasteiger partial charge in [0.05, 0.1) is 19.6 Å². The third kappa shape index (κ3) is 2.17. The summed E-state index contributed by atoms with van der Waals surface area (Å²) >= 11 is 0. The van der Waals surface area contributed by atoms with Crippen molar-refractivity contribution in [2.24, 2.45) is 0 Å². The average molecular weight is 158 g/mol. The highest BCUT2D eigenvalue weighted by molar-refractivity contribution is 4.52. The summed E-state index contributed by atoms with van der Waals surface area (Å²) in [5, 5.41) is 9.22. The second-order valence-corrected chi connectivity index (χ2v) is 3.71. The zero-order valence-corrected chi connectivity index (χ0v) is 7.55. The van der Waals surface area contributed by atoms with E-state index in [9.17, 15) is 5.11 Å². The van der Waals surface area contributed by atoms with Gasteiger partial charge in [0.2, 0.25) is 0 Å². The van der Waals surface area contributed by atoms with Gasteiger partial charge in [-0.05, 0) is 6.42 Å². The summed E-state index contributed by atoms with van der Waals surface area (Å²) in [6.45, 7) is 6.17. The number of rotatable bonds is 4. The minimum atomic E-state index is 0.361. The Balaban J connectivity index is 2.33. The van der Waals surface area contributed by atoms with Gasteiger partial charge in [-0.1, -0.05) is 13.3 Å². The molecule has 1 aliphatic rings. The van der Waals surface area contributed by atoms with E-state index in [0.29, 0.717) is 6.73 Å². The number of quaternary nitrogens is 1. The van der Waals surface area contributed by atoms with Gasteiger partial charge in [-0.2, -0.15) is 0 Å². The van der Waals surface area contributed by atoms with Crippen LogP contribution in [-0.2, 0) is 0 Å². The van der Waals surface area contributed by atoms with Gasteiger partial charge < -0.3 is 9.59 Å². The van der Waals surface area contributed by atoms with Gasteiger partial charge in [-0.3, -0.25) is 0 Å². The van der Waals surface area contributed by atoms with Crippen molar-refractivity contribution in [3.63, 3.8) is 0 Å². The topological polar surface area (TPSA) is 20.2 Å². The van der Waals surface area contributed by atoms with Crippen molar-refractivity contribution in [2.45, 2.75) is 32.6 Å². The van der Waals surface area contributed by atoms with Crippen LogP contribution in [0.25, 0.3) is 0 Å². The van der Waals surface area contributed by atoms with Crippen molar-refractivity contribution in [2.75, 3.05) is 26.4 Å². The lowest BCUT2D eigenvalue weighted by Crippen LogP contribution is -2.46. The van der Waals surface area contributed by atoms with Crippen LogP contribution in [0.3, 0.4) is 0 Å². The summed E-state index contributed by atoms with van der Waals surface area (Å²) in [6, 6.07) is 0. The number of hydrogen-bond donors (Lipinski definition) is 1. The molecule has 0 spiro atoms. The van der Waals surface area contributed by atoms with Crippen molar-refractivity contribution in [1.82, 2.24) is 0 Å². The first kappa shape index (κ1) is 9.01. The van der Waals surface area contributed by atoms with Gasteiger partial charge >= 0.3 is 0 Å². The van der Waals surface area contributed by atoms with Gasteiger partial charge in [0.15, 0.2) is 6.73 Å². The highest BCUT2D eigenvalue weighted by atomic mass is 16.3. The van der Waals surface area contributed by atoms with Crippen molar-refractivity contribution in [1.29, 1.82) is 0 Å². The Kier molecular flexibility index (Phi) is 3.34. The minimum absolute atomic E-state index is 0.361. The average Bonchev–Trinajstić information content (AvgIpc) is 2.50. The van der Waals surface area contributed by atoms with Crippen LogP contribution in [0.5, 0.6) is 0 Å². The van der Waals surface area contributed by atoms with Crippen LogP contribution in [0.1, 0.15) is 32.6 Å². The van der Waals surface area contributed by atoms with E-state index in [1.165, 1.54) is 45.3 Å². The molecule has 0 saturated carbocycles. The van der Waals surface area contributed by atoms with Gasteiger partial charge in [0.1, 0.15) is 0 Å². The van der Waals surface area contributed by atoms with Crippen molar-refractivity contribution in [3.8, 4) is 0 Å². The molecular formula is C9H20NO+. The molecule has 1 fully saturated rings. The first-order valence-electron chi connectivity index (χ1n) is 4.79. The molecule has 0 aromatic heterocycles. The standard InChI is InChI=1S/C9H20NO/c1-2-3-6-10(9-11)7-4-5-8-10/h11H,2-9H2,1H3/q+1. The number of aliphatic hydroxyl groups excluding tert-OH is 1. The Hall–Kier alpha value is -0.0800. The summed E-state index contributed by atoms with van der Waals surface area (Å²) < 4.78 is 0.980. The molecule has 1 aliphatic heterocycles. The van der Waals surface area contributed by atoms with Crippen molar-refractivity contribution < 1.29 is 9.59 Å². The summed E-state index contributed by atoms with van der Waals surface area (Å²) in [5.74, 6) is 0. The quantitative estimate of drug-likeness (QED) is 0.612. The van der Waals surface area contributed by atoms with Crippen molar-refractivity contribution in [3.05, 3.63) is 0 Å². The largest absolute Gasteiger partial charge is 0.347 e. The number of likely N-dealkylation sites (tertiary alicyclic amines) is 1. The van der Waals surface area contributed by atoms with E-state index < -0.39 is 0 Å². The highest BCUT2D eigenvalue weighted by Gasteiger charge is 2.29. The van der Waals surface area contributed by atoms with Crippen LogP contribution in [0.15, 0.2) is 0 Å². The number of aliphatic hydroxyl groups is 1. The highest BCUT2D eigenvalue weighted by Crippen LogP contribution is 2.19. The Morgan fingerprint density at radius 2 is 1.91 bits per heavy atom. The Bertz CT molecular complexity index is 108. The summed E-state index contributed by atoms with van der Waals surface area (Å²) in [4.78, 5) is 0. The molecule has 1 rings (SSSR count). The fraction of sp³-hybridized carbons (Fsp3) is 1.00. The predicted octanol–water partition coefficient (Wildman–Crippen LogP) is 1.35. The third-order valence-electron chi connectivity index (χ3n) is 2.80. The molecule has 1 heterocycles. The fourth-order valence-corrected chi connectivity index (χ4v) is 1.94. The number of nitrogens with zero attached hydrogens (tertiary/aromatic N) is 1. The van der Waals surface area contributed by atoms with Crippen LogP contribution >= 0.6 is 0 Å². The smallest absolute Gasteiger partial charge is 0.180 e. The van der Waals surface area contributed by atoms with E-state index >= 15 is 0 Å². The molecule has 0 radical (unpaired) electrons. The molecule has 2 heteroatoms. The minimum Gasteiger partial charge on any atom is -0.347 e. The molecule has 2 nitrogen and oxygen atoms in total. The van der Waals surface area contributed by atoms with Gasteiger partial charge in [-0.15, -0.1) is 0 Å². The molecule has 0 atom stereocenters. The number of unbranched alkanes of at least 4 members (excludes halogenated alkanes) is 1. The molecule has 0 aromatic carbocycles. The Morgan fingerprint density at radius 1 is 1.27 bits per heavy atom. The second-order valence-electron chi connectivity index (χ2n) is 3.71. The Labute approximate surface area is 69.4 Å². The van der Waals surface area contributed by atoms with Crippen LogP contribution in [0.4, 0.5) is 0 Å². The van der Waals surface area contributed by atoms with Gasteiger partial charge in [-0.25, -0.2) is 0 Å². The second kappa shape index (κ2) is 4.07.